The lowest BCUT2D eigenvalue weighted by Crippen LogP contribution is -2.47. The molecule has 0 aliphatic carbocycles. The van der Waals surface area contributed by atoms with Gasteiger partial charge in [0.1, 0.15) is 0 Å². The summed E-state index contributed by atoms with van der Waals surface area (Å²) in [6.07, 6.45) is 8.00. The van der Waals surface area contributed by atoms with Gasteiger partial charge in [0.15, 0.2) is 0 Å². The first-order valence-electron chi connectivity index (χ1n) is 13.3. The average molecular weight is 504 g/mol. The molecule has 3 aromatic carbocycles. The fraction of sp³-hybridized carbons (Fsp3) is 0.250. The summed E-state index contributed by atoms with van der Waals surface area (Å²) in [5.74, 6) is 0.103. The minimum absolute atomic E-state index is 0.103. The highest BCUT2D eigenvalue weighted by molar-refractivity contribution is 6.06. The van der Waals surface area contributed by atoms with Crippen molar-refractivity contribution in [3.63, 3.8) is 0 Å². The van der Waals surface area contributed by atoms with E-state index in [0.29, 0.717) is 6.54 Å². The Bertz CT molecular complexity index is 1550. The summed E-state index contributed by atoms with van der Waals surface area (Å²) in [7, 11) is 2.11. The first-order valence-corrected chi connectivity index (χ1v) is 13.3. The number of likely N-dealkylation sites (N-methyl/N-ethyl adjacent to an activating group) is 1. The van der Waals surface area contributed by atoms with Crippen LogP contribution in [0, 0.1) is 0 Å². The lowest BCUT2D eigenvalue weighted by atomic mass is 9.97. The third kappa shape index (κ3) is 4.63. The largest absolute Gasteiger partial charge is 0.347 e. The van der Waals surface area contributed by atoms with Gasteiger partial charge in [0.25, 0.3) is 5.91 Å². The summed E-state index contributed by atoms with van der Waals surface area (Å²) < 4.78 is 4.36. The number of piperazine rings is 1. The second-order valence-corrected chi connectivity index (χ2v) is 10.3. The highest BCUT2D eigenvalue weighted by atomic mass is 16.2. The number of amides is 1. The molecule has 3 heterocycles. The fourth-order valence-electron chi connectivity index (χ4n) is 5.51. The van der Waals surface area contributed by atoms with E-state index in [2.05, 4.69) is 106 Å². The number of imidazole rings is 1. The van der Waals surface area contributed by atoms with E-state index in [0.717, 1.165) is 53.9 Å². The van der Waals surface area contributed by atoms with Crippen molar-refractivity contribution in [2.24, 2.45) is 0 Å². The molecule has 1 aliphatic rings. The zero-order valence-electron chi connectivity index (χ0n) is 22.0. The third-order valence-electron chi connectivity index (χ3n) is 7.77. The maximum Gasteiger partial charge on any atom is 0.256 e. The Labute approximate surface area is 223 Å². The first-order chi connectivity index (χ1) is 18.6. The average Bonchev–Trinajstić information content (AvgIpc) is 3.60. The van der Waals surface area contributed by atoms with Crippen LogP contribution in [-0.2, 0) is 6.54 Å². The summed E-state index contributed by atoms with van der Waals surface area (Å²) in [6, 6.07) is 25.4. The molecule has 1 aliphatic heterocycles. The summed E-state index contributed by atoms with van der Waals surface area (Å²) in [5.41, 5.74) is 5.16. The number of fused-ring (bicyclic) bond motifs is 1. The number of carbonyl (C=O) groups excluding carboxylic acids is 1. The topological polar surface area (TPSA) is 46.3 Å². The van der Waals surface area contributed by atoms with Crippen LogP contribution in [0.4, 0.5) is 0 Å². The summed E-state index contributed by atoms with van der Waals surface area (Å²) in [6.45, 7) is 6.11. The van der Waals surface area contributed by atoms with Crippen LogP contribution >= 0.6 is 0 Å². The van der Waals surface area contributed by atoms with Crippen LogP contribution in [0.5, 0.6) is 0 Å². The molecule has 2 aromatic heterocycles. The van der Waals surface area contributed by atoms with Crippen molar-refractivity contribution in [1.29, 1.82) is 0 Å². The predicted octanol–water partition coefficient (Wildman–Crippen LogP) is 5.55. The molecule has 0 saturated carbocycles. The highest BCUT2D eigenvalue weighted by Crippen LogP contribution is 2.33. The summed E-state index contributed by atoms with van der Waals surface area (Å²) >= 11 is 0. The SMILES string of the molecule is CC(c1ccccc1)n1cncc1Cn1cc(C(=O)N2CCN(C)CC2)c(-c2cccc3ccccc23)c1. The van der Waals surface area contributed by atoms with Gasteiger partial charge in [-0.05, 0) is 35.9 Å². The Kier molecular flexibility index (Phi) is 6.56. The number of rotatable bonds is 6. The molecule has 192 valence electrons. The van der Waals surface area contributed by atoms with Crippen LogP contribution < -0.4 is 0 Å². The van der Waals surface area contributed by atoms with Crippen molar-refractivity contribution >= 4 is 16.7 Å². The Hall–Kier alpha value is -4.16. The molecule has 6 heteroatoms. The summed E-state index contributed by atoms with van der Waals surface area (Å²) in [5, 5.41) is 2.33. The van der Waals surface area contributed by atoms with Gasteiger partial charge in [-0.1, -0.05) is 72.8 Å². The number of hydrogen-bond donors (Lipinski definition) is 0. The molecule has 5 aromatic rings. The Morgan fingerprint density at radius 3 is 2.42 bits per heavy atom. The molecule has 1 atom stereocenters. The van der Waals surface area contributed by atoms with Crippen LogP contribution in [0.15, 0.2) is 97.7 Å². The fourth-order valence-corrected chi connectivity index (χ4v) is 5.51. The zero-order valence-corrected chi connectivity index (χ0v) is 22.0. The molecule has 0 bridgehead atoms. The number of carbonyl (C=O) groups is 1. The van der Waals surface area contributed by atoms with Gasteiger partial charge < -0.3 is 18.9 Å². The second kappa shape index (κ2) is 10.3. The monoisotopic (exact) mass is 503 g/mol. The normalized spacial score (nSPS) is 15.2. The van der Waals surface area contributed by atoms with Gasteiger partial charge in [-0.3, -0.25) is 4.79 Å². The summed E-state index contributed by atoms with van der Waals surface area (Å²) in [4.78, 5) is 22.6. The molecule has 0 N–H and O–H groups in total. The van der Waals surface area contributed by atoms with Gasteiger partial charge in [0.2, 0.25) is 0 Å². The molecular formula is C32H33N5O. The van der Waals surface area contributed by atoms with Gasteiger partial charge >= 0.3 is 0 Å². The maximum atomic E-state index is 13.9. The van der Waals surface area contributed by atoms with Crippen LogP contribution in [0.25, 0.3) is 21.9 Å². The molecule has 6 nitrogen and oxygen atoms in total. The Morgan fingerprint density at radius 1 is 0.868 bits per heavy atom. The van der Waals surface area contributed by atoms with Gasteiger partial charge in [-0.15, -0.1) is 0 Å². The Morgan fingerprint density at radius 2 is 1.61 bits per heavy atom. The molecule has 1 unspecified atom stereocenters. The van der Waals surface area contributed by atoms with E-state index in [1.54, 1.807) is 0 Å². The molecule has 1 amide bonds. The van der Waals surface area contributed by atoms with Crippen molar-refractivity contribution in [3.8, 4) is 11.1 Å². The van der Waals surface area contributed by atoms with Gasteiger partial charge in [0, 0.05) is 50.3 Å². The predicted molar refractivity (Wildman–Crippen MR) is 152 cm³/mol. The van der Waals surface area contributed by atoms with Crippen molar-refractivity contribution in [1.82, 2.24) is 23.9 Å². The van der Waals surface area contributed by atoms with E-state index >= 15 is 0 Å². The van der Waals surface area contributed by atoms with Crippen LogP contribution in [-0.4, -0.2) is 63.1 Å². The zero-order chi connectivity index (χ0) is 26.1. The van der Waals surface area contributed by atoms with Gasteiger partial charge in [-0.25, -0.2) is 4.98 Å². The minimum Gasteiger partial charge on any atom is -0.347 e. The number of aromatic nitrogens is 3. The first kappa shape index (κ1) is 24.2. The molecule has 6 rings (SSSR count). The number of hydrogen-bond acceptors (Lipinski definition) is 3. The second-order valence-electron chi connectivity index (χ2n) is 10.3. The minimum atomic E-state index is 0.103. The van der Waals surface area contributed by atoms with Crippen molar-refractivity contribution in [2.75, 3.05) is 33.2 Å². The van der Waals surface area contributed by atoms with Crippen molar-refractivity contribution < 1.29 is 4.79 Å². The highest BCUT2D eigenvalue weighted by Gasteiger charge is 2.25. The molecule has 38 heavy (non-hydrogen) atoms. The molecule has 1 fully saturated rings. The van der Waals surface area contributed by atoms with Crippen LogP contribution in [0.2, 0.25) is 0 Å². The van der Waals surface area contributed by atoms with E-state index in [9.17, 15) is 4.79 Å². The Balaban J connectivity index is 1.39. The number of nitrogens with zero attached hydrogens (tertiary/aromatic N) is 5. The molecular weight excluding hydrogens is 470 g/mol. The lowest BCUT2D eigenvalue weighted by Gasteiger charge is -2.32. The van der Waals surface area contributed by atoms with E-state index in [4.69, 9.17) is 0 Å². The van der Waals surface area contributed by atoms with Crippen molar-refractivity contribution in [3.05, 3.63) is 115 Å². The number of benzene rings is 3. The standard InChI is InChI=1S/C32H33N5O/c1-24(25-9-4-3-5-10-25)37-23-33-19-27(37)20-35-21-30(29-14-8-12-26-11-6-7-13-28(26)29)31(22-35)32(38)36-17-15-34(2)16-18-36/h3-14,19,21-24H,15-18,20H2,1-2H3. The third-order valence-corrected chi connectivity index (χ3v) is 7.77. The molecule has 0 spiro atoms. The lowest BCUT2D eigenvalue weighted by molar-refractivity contribution is 0.0665. The van der Waals surface area contributed by atoms with E-state index in [1.807, 2.05) is 29.7 Å². The van der Waals surface area contributed by atoms with E-state index < -0.39 is 0 Å². The van der Waals surface area contributed by atoms with E-state index in [1.165, 1.54) is 10.9 Å². The van der Waals surface area contributed by atoms with E-state index in [-0.39, 0.29) is 11.9 Å². The van der Waals surface area contributed by atoms with Crippen LogP contribution in [0.1, 0.15) is 34.6 Å². The molecule has 0 radical (unpaired) electrons. The smallest absolute Gasteiger partial charge is 0.256 e. The maximum absolute atomic E-state index is 13.9. The molecule has 1 saturated heterocycles. The quantitative estimate of drug-likeness (QED) is 0.305. The van der Waals surface area contributed by atoms with Crippen molar-refractivity contribution in [2.45, 2.75) is 19.5 Å². The van der Waals surface area contributed by atoms with Gasteiger partial charge in [-0.2, -0.15) is 0 Å². The van der Waals surface area contributed by atoms with Gasteiger partial charge in [0.05, 0.1) is 30.2 Å². The van der Waals surface area contributed by atoms with Crippen LogP contribution in [0.3, 0.4) is 0 Å².